The molecule has 3 nitrogen and oxygen atoms in total. The standard InChI is InChI=1S/C12H16FNO2/c1-8(12(15)16)7-14-9(2)10-5-3-4-6-11(10)13/h3-6,8-9,14H,7H2,1-2H3,(H,15,16)/t8?,9-/m1/s1. The van der Waals surface area contributed by atoms with Crippen molar-refractivity contribution >= 4 is 5.97 Å². The molecule has 16 heavy (non-hydrogen) atoms. The van der Waals surface area contributed by atoms with Gasteiger partial charge in [0.2, 0.25) is 0 Å². The molecule has 0 amide bonds. The van der Waals surface area contributed by atoms with Gasteiger partial charge < -0.3 is 10.4 Å². The molecule has 0 bridgehead atoms. The summed E-state index contributed by atoms with van der Waals surface area (Å²) in [6.07, 6.45) is 0. The highest BCUT2D eigenvalue weighted by Crippen LogP contribution is 2.16. The summed E-state index contributed by atoms with van der Waals surface area (Å²) in [6.45, 7) is 3.75. The van der Waals surface area contributed by atoms with Gasteiger partial charge in [-0.05, 0) is 13.0 Å². The predicted molar refractivity (Wildman–Crippen MR) is 59.6 cm³/mol. The summed E-state index contributed by atoms with van der Waals surface area (Å²) >= 11 is 0. The summed E-state index contributed by atoms with van der Waals surface area (Å²) in [4.78, 5) is 10.6. The van der Waals surface area contributed by atoms with Crippen molar-refractivity contribution in [3.8, 4) is 0 Å². The largest absolute Gasteiger partial charge is 0.481 e. The van der Waals surface area contributed by atoms with E-state index in [-0.39, 0.29) is 11.9 Å². The molecule has 1 aromatic carbocycles. The van der Waals surface area contributed by atoms with E-state index in [4.69, 9.17) is 5.11 Å². The van der Waals surface area contributed by atoms with E-state index in [1.165, 1.54) is 6.07 Å². The molecule has 0 saturated heterocycles. The van der Waals surface area contributed by atoms with Gasteiger partial charge in [-0.1, -0.05) is 25.1 Å². The summed E-state index contributed by atoms with van der Waals surface area (Å²) < 4.78 is 13.4. The van der Waals surface area contributed by atoms with Crippen LogP contribution in [0.3, 0.4) is 0 Å². The van der Waals surface area contributed by atoms with Crippen LogP contribution < -0.4 is 5.32 Å². The van der Waals surface area contributed by atoms with Crippen LogP contribution in [0.1, 0.15) is 25.5 Å². The number of benzene rings is 1. The first-order valence-electron chi connectivity index (χ1n) is 5.23. The Morgan fingerprint density at radius 1 is 1.44 bits per heavy atom. The lowest BCUT2D eigenvalue weighted by molar-refractivity contribution is -0.140. The van der Waals surface area contributed by atoms with E-state index in [9.17, 15) is 9.18 Å². The number of halogens is 1. The van der Waals surface area contributed by atoms with E-state index in [1.54, 1.807) is 25.1 Å². The molecule has 1 rings (SSSR count). The quantitative estimate of drug-likeness (QED) is 0.807. The van der Waals surface area contributed by atoms with Crippen molar-refractivity contribution in [3.63, 3.8) is 0 Å². The Kier molecular flexibility index (Phi) is 4.43. The fourth-order valence-electron chi connectivity index (χ4n) is 1.38. The molecule has 1 unspecified atom stereocenters. The van der Waals surface area contributed by atoms with Crippen LogP contribution in [0.5, 0.6) is 0 Å². The van der Waals surface area contributed by atoms with Crippen LogP contribution in [0.25, 0.3) is 0 Å². The summed E-state index contributed by atoms with van der Waals surface area (Å²) in [7, 11) is 0. The molecule has 1 aromatic rings. The SMILES string of the molecule is CC(CN[C@H](C)c1ccccc1F)C(=O)O. The first kappa shape index (κ1) is 12.6. The minimum Gasteiger partial charge on any atom is -0.481 e. The lowest BCUT2D eigenvalue weighted by atomic mass is 10.1. The van der Waals surface area contributed by atoms with Crippen molar-refractivity contribution in [2.24, 2.45) is 5.92 Å². The Balaban J connectivity index is 2.56. The van der Waals surface area contributed by atoms with Crippen LogP contribution in [-0.4, -0.2) is 17.6 Å². The first-order valence-corrected chi connectivity index (χ1v) is 5.23. The van der Waals surface area contributed by atoms with Crippen LogP contribution in [-0.2, 0) is 4.79 Å². The second-order valence-corrected chi connectivity index (χ2v) is 3.89. The molecule has 0 aromatic heterocycles. The topological polar surface area (TPSA) is 49.3 Å². The first-order chi connectivity index (χ1) is 7.52. The summed E-state index contributed by atoms with van der Waals surface area (Å²) in [5, 5.41) is 11.7. The van der Waals surface area contributed by atoms with Gasteiger partial charge in [-0.15, -0.1) is 0 Å². The molecule has 4 heteroatoms. The van der Waals surface area contributed by atoms with Gasteiger partial charge >= 0.3 is 5.97 Å². The molecule has 0 aliphatic heterocycles. The Labute approximate surface area is 94.3 Å². The van der Waals surface area contributed by atoms with Crippen molar-refractivity contribution in [2.75, 3.05) is 6.54 Å². The second kappa shape index (κ2) is 5.61. The van der Waals surface area contributed by atoms with E-state index >= 15 is 0 Å². The molecule has 0 aliphatic carbocycles. The fraction of sp³-hybridized carbons (Fsp3) is 0.417. The molecule has 2 N–H and O–H groups in total. The van der Waals surface area contributed by atoms with E-state index < -0.39 is 11.9 Å². The van der Waals surface area contributed by atoms with Crippen LogP contribution in [0, 0.1) is 11.7 Å². The molecule has 0 fully saturated rings. The molecule has 2 atom stereocenters. The van der Waals surface area contributed by atoms with Gasteiger partial charge in [0.25, 0.3) is 0 Å². The zero-order valence-corrected chi connectivity index (χ0v) is 9.40. The number of aliphatic carboxylic acids is 1. The van der Waals surface area contributed by atoms with Gasteiger partial charge in [-0.3, -0.25) is 4.79 Å². The van der Waals surface area contributed by atoms with Crippen LogP contribution >= 0.6 is 0 Å². The Morgan fingerprint density at radius 3 is 2.62 bits per heavy atom. The summed E-state index contributed by atoms with van der Waals surface area (Å²) in [5.74, 6) is -1.60. The minimum atomic E-state index is -0.853. The molecule has 0 heterocycles. The third-order valence-corrected chi connectivity index (χ3v) is 2.52. The fourth-order valence-corrected chi connectivity index (χ4v) is 1.38. The van der Waals surface area contributed by atoms with Crippen LogP contribution in [0.4, 0.5) is 4.39 Å². The average molecular weight is 225 g/mol. The summed E-state index contributed by atoms with van der Waals surface area (Å²) in [6, 6.07) is 6.29. The molecular weight excluding hydrogens is 209 g/mol. The van der Waals surface area contributed by atoms with Gasteiger partial charge in [-0.2, -0.15) is 0 Å². The van der Waals surface area contributed by atoms with Gasteiger partial charge in [0.05, 0.1) is 5.92 Å². The highest BCUT2D eigenvalue weighted by atomic mass is 19.1. The molecule has 0 saturated carbocycles. The van der Waals surface area contributed by atoms with Crippen LogP contribution in [0.15, 0.2) is 24.3 Å². The molecule has 88 valence electrons. The van der Waals surface area contributed by atoms with Crippen molar-refractivity contribution in [1.29, 1.82) is 0 Å². The normalized spacial score (nSPS) is 14.4. The van der Waals surface area contributed by atoms with Gasteiger partial charge in [-0.25, -0.2) is 4.39 Å². The lowest BCUT2D eigenvalue weighted by Crippen LogP contribution is -2.28. The number of hydrogen-bond donors (Lipinski definition) is 2. The third-order valence-electron chi connectivity index (χ3n) is 2.52. The van der Waals surface area contributed by atoms with Crippen molar-refractivity contribution in [1.82, 2.24) is 5.32 Å². The number of carboxylic acid groups (broad SMARTS) is 1. The average Bonchev–Trinajstić information content (AvgIpc) is 2.25. The summed E-state index contributed by atoms with van der Waals surface area (Å²) in [5.41, 5.74) is 0.556. The third kappa shape index (κ3) is 3.31. The van der Waals surface area contributed by atoms with Crippen molar-refractivity contribution < 1.29 is 14.3 Å². The molecular formula is C12H16FNO2. The predicted octanol–water partition coefficient (Wildman–Crippen LogP) is 2.20. The maximum Gasteiger partial charge on any atom is 0.307 e. The van der Waals surface area contributed by atoms with E-state index in [1.807, 2.05) is 6.92 Å². The van der Waals surface area contributed by atoms with E-state index in [0.29, 0.717) is 12.1 Å². The van der Waals surface area contributed by atoms with E-state index in [0.717, 1.165) is 0 Å². The van der Waals surface area contributed by atoms with E-state index in [2.05, 4.69) is 5.32 Å². The molecule has 0 radical (unpaired) electrons. The number of carboxylic acids is 1. The number of carbonyl (C=O) groups is 1. The van der Waals surface area contributed by atoms with Gasteiger partial charge in [0.1, 0.15) is 5.82 Å². The van der Waals surface area contributed by atoms with Crippen molar-refractivity contribution in [3.05, 3.63) is 35.6 Å². The second-order valence-electron chi connectivity index (χ2n) is 3.89. The lowest BCUT2D eigenvalue weighted by Gasteiger charge is -2.16. The molecule has 0 aliphatic rings. The Hall–Kier alpha value is -1.42. The minimum absolute atomic E-state index is 0.192. The zero-order valence-electron chi connectivity index (χ0n) is 9.40. The number of hydrogen-bond acceptors (Lipinski definition) is 2. The highest BCUT2D eigenvalue weighted by molar-refractivity contribution is 5.69. The number of rotatable bonds is 5. The maximum atomic E-state index is 13.4. The monoisotopic (exact) mass is 225 g/mol. The Morgan fingerprint density at radius 2 is 2.06 bits per heavy atom. The van der Waals surface area contributed by atoms with Gasteiger partial charge in [0.15, 0.2) is 0 Å². The zero-order chi connectivity index (χ0) is 12.1. The van der Waals surface area contributed by atoms with Gasteiger partial charge in [0, 0.05) is 18.2 Å². The smallest absolute Gasteiger partial charge is 0.307 e. The maximum absolute atomic E-state index is 13.4. The van der Waals surface area contributed by atoms with Crippen LogP contribution in [0.2, 0.25) is 0 Å². The molecule has 0 spiro atoms. The van der Waals surface area contributed by atoms with Crippen molar-refractivity contribution in [2.45, 2.75) is 19.9 Å². The number of nitrogens with one attached hydrogen (secondary N) is 1. The Bertz CT molecular complexity index is 368. The highest BCUT2D eigenvalue weighted by Gasteiger charge is 2.14.